The lowest BCUT2D eigenvalue weighted by atomic mass is 10.2. The summed E-state index contributed by atoms with van der Waals surface area (Å²) >= 11 is 5.92. The highest BCUT2D eigenvalue weighted by atomic mass is 35.5. The van der Waals surface area contributed by atoms with Crippen LogP contribution in [0.15, 0.2) is 57.9 Å². The van der Waals surface area contributed by atoms with E-state index in [4.69, 9.17) is 16.0 Å². The van der Waals surface area contributed by atoms with Crippen molar-refractivity contribution in [3.8, 4) is 0 Å². The lowest BCUT2D eigenvalue weighted by Gasteiger charge is -2.09. The number of nitrogens with one attached hydrogen (secondary N) is 1. The van der Waals surface area contributed by atoms with Gasteiger partial charge in [0, 0.05) is 5.39 Å². The number of fused-ring (bicyclic) bond motifs is 3. The molecule has 0 atom stereocenters. The standard InChI is InChI=1S/C18H11ClFN3O3/c19-13-7-10(20)5-6-14(13)22-16(24)9-23-17-11-3-1-2-4-15(11)26-18(25)12(17)8-21-23/h1-8H,9H2,(H,22,24). The predicted molar refractivity (Wildman–Crippen MR) is 95.8 cm³/mol. The van der Waals surface area contributed by atoms with Crippen LogP contribution in [-0.2, 0) is 11.3 Å². The molecule has 0 saturated heterocycles. The minimum atomic E-state index is -0.521. The van der Waals surface area contributed by atoms with Gasteiger partial charge in [0.15, 0.2) is 0 Å². The van der Waals surface area contributed by atoms with Crippen molar-refractivity contribution in [2.24, 2.45) is 0 Å². The molecule has 0 bridgehead atoms. The Bertz CT molecular complexity index is 1220. The molecule has 0 saturated carbocycles. The molecule has 0 aliphatic heterocycles. The van der Waals surface area contributed by atoms with Crippen molar-refractivity contribution < 1.29 is 13.6 Å². The summed E-state index contributed by atoms with van der Waals surface area (Å²) in [6.45, 7) is -0.148. The van der Waals surface area contributed by atoms with Gasteiger partial charge in [0.1, 0.15) is 23.3 Å². The van der Waals surface area contributed by atoms with Crippen LogP contribution in [0.5, 0.6) is 0 Å². The van der Waals surface area contributed by atoms with E-state index in [-0.39, 0.29) is 17.0 Å². The first-order valence-corrected chi connectivity index (χ1v) is 8.03. The van der Waals surface area contributed by atoms with E-state index in [0.717, 1.165) is 6.07 Å². The highest BCUT2D eigenvalue weighted by Crippen LogP contribution is 2.24. The zero-order chi connectivity index (χ0) is 18.3. The number of para-hydroxylation sites is 1. The van der Waals surface area contributed by atoms with Crippen LogP contribution in [0.2, 0.25) is 5.02 Å². The van der Waals surface area contributed by atoms with Gasteiger partial charge < -0.3 is 9.73 Å². The third-order valence-corrected chi connectivity index (χ3v) is 4.22. The number of nitrogens with zero attached hydrogens (tertiary/aromatic N) is 2. The first-order chi connectivity index (χ1) is 12.5. The molecule has 0 aliphatic rings. The van der Waals surface area contributed by atoms with Crippen molar-refractivity contribution in [3.05, 3.63) is 69.9 Å². The minimum absolute atomic E-state index is 0.0924. The number of hydrogen-bond donors (Lipinski definition) is 1. The van der Waals surface area contributed by atoms with Crippen LogP contribution in [0.1, 0.15) is 0 Å². The van der Waals surface area contributed by atoms with Gasteiger partial charge in [0.25, 0.3) is 0 Å². The van der Waals surface area contributed by atoms with E-state index >= 15 is 0 Å². The average molecular weight is 372 g/mol. The third-order valence-electron chi connectivity index (χ3n) is 3.90. The maximum absolute atomic E-state index is 13.1. The summed E-state index contributed by atoms with van der Waals surface area (Å²) in [7, 11) is 0. The van der Waals surface area contributed by atoms with Crippen LogP contribution in [0.4, 0.5) is 10.1 Å². The number of benzene rings is 2. The van der Waals surface area contributed by atoms with Crippen LogP contribution < -0.4 is 10.9 Å². The van der Waals surface area contributed by atoms with E-state index in [1.165, 1.54) is 23.0 Å². The summed E-state index contributed by atoms with van der Waals surface area (Å²) < 4.78 is 19.8. The average Bonchev–Trinajstić information content (AvgIpc) is 3.02. The second-order valence-electron chi connectivity index (χ2n) is 5.62. The lowest BCUT2D eigenvalue weighted by Crippen LogP contribution is -2.20. The van der Waals surface area contributed by atoms with E-state index in [0.29, 0.717) is 22.2 Å². The van der Waals surface area contributed by atoms with Gasteiger partial charge in [-0.1, -0.05) is 23.7 Å². The van der Waals surface area contributed by atoms with Gasteiger partial charge in [-0.15, -0.1) is 0 Å². The topological polar surface area (TPSA) is 77.1 Å². The molecule has 1 amide bonds. The normalized spacial score (nSPS) is 11.2. The number of carbonyl (C=O) groups is 1. The molecule has 1 N–H and O–H groups in total. The Morgan fingerprint density at radius 2 is 2.04 bits per heavy atom. The molecule has 0 aliphatic carbocycles. The van der Waals surface area contributed by atoms with Crippen molar-refractivity contribution in [1.82, 2.24) is 9.78 Å². The number of anilines is 1. The molecule has 6 nitrogen and oxygen atoms in total. The maximum atomic E-state index is 13.1. The second kappa shape index (κ2) is 6.27. The molecule has 4 aromatic rings. The molecule has 26 heavy (non-hydrogen) atoms. The first-order valence-electron chi connectivity index (χ1n) is 7.65. The molecule has 8 heteroatoms. The van der Waals surface area contributed by atoms with E-state index < -0.39 is 17.3 Å². The Balaban J connectivity index is 1.71. The fraction of sp³-hybridized carbons (Fsp3) is 0.0556. The molecular weight excluding hydrogens is 361 g/mol. The fourth-order valence-electron chi connectivity index (χ4n) is 2.76. The molecule has 2 heterocycles. The zero-order valence-corrected chi connectivity index (χ0v) is 14.0. The van der Waals surface area contributed by atoms with Crippen molar-refractivity contribution in [2.75, 3.05) is 5.32 Å². The Labute approximate surface area is 150 Å². The third kappa shape index (κ3) is 2.82. The fourth-order valence-corrected chi connectivity index (χ4v) is 2.98. The molecule has 130 valence electrons. The molecule has 4 rings (SSSR count). The summed E-state index contributed by atoms with van der Waals surface area (Å²) in [5.41, 5.74) is 0.691. The van der Waals surface area contributed by atoms with Crippen molar-refractivity contribution >= 4 is 45.1 Å². The summed E-state index contributed by atoms with van der Waals surface area (Å²) in [4.78, 5) is 24.4. The first kappa shape index (κ1) is 16.3. The molecule has 0 fully saturated rings. The molecule has 0 spiro atoms. The van der Waals surface area contributed by atoms with Crippen molar-refractivity contribution in [1.29, 1.82) is 0 Å². The smallest absolute Gasteiger partial charge is 0.347 e. The number of halogens is 2. The van der Waals surface area contributed by atoms with Crippen molar-refractivity contribution in [3.63, 3.8) is 0 Å². The largest absolute Gasteiger partial charge is 0.422 e. The molecule has 2 aromatic heterocycles. The Morgan fingerprint density at radius 3 is 2.85 bits per heavy atom. The Kier molecular flexibility index (Phi) is 3.93. The Morgan fingerprint density at radius 1 is 1.23 bits per heavy atom. The highest BCUT2D eigenvalue weighted by Gasteiger charge is 2.15. The summed E-state index contributed by atoms with van der Waals surface area (Å²) in [5, 5.41) is 7.78. The number of rotatable bonds is 3. The quantitative estimate of drug-likeness (QED) is 0.558. The van der Waals surface area contributed by atoms with Crippen LogP contribution in [0.3, 0.4) is 0 Å². The minimum Gasteiger partial charge on any atom is -0.422 e. The number of carbonyl (C=O) groups excluding carboxylic acids is 1. The molecular formula is C18H11ClFN3O3. The van der Waals surface area contributed by atoms with Gasteiger partial charge >= 0.3 is 5.63 Å². The summed E-state index contributed by atoms with van der Waals surface area (Å²) in [5.74, 6) is -0.912. The summed E-state index contributed by atoms with van der Waals surface area (Å²) in [6, 6.07) is 10.7. The maximum Gasteiger partial charge on any atom is 0.347 e. The number of aromatic nitrogens is 2. The highest BCUT2D eigenvalue weighted by molar-refractivity contribution is 6.33. The van der Waals surface area contributed by atoms with E-state index in [1.54, 1.807) is 24.3 Å². The second-order valence-corrected chi connectivity index (χ2v) is 6.03. The van der Waals surface area contributed by atoms with Crippen LogP contribution >= 0.6 is 11.6 Å². The van der Waals surface area contributed by atoms with Gasteiger partial charge in [-0.2, -0.15) is 5.10 Å². The number of amides is 1. The van der Waals surface area contributed by atoms with Gasteiger partial charge in [-0.05, 0) is 30.3 Å². The van der Waals surface area contributed by atoms with Gasteiger partial charge in [0.2, 0.25) is 5.91 Å². The van der Waals surface area contributed by atoms with Crippen LogP contribution in [0, 0.1) is 5.82 Å². The van der Waals surface area contributed by atoms with E-state index in [9.17, 15) is 14.0 Å². The molecule has 0 unspecified atom stereocenters. The zero-order valence-electron chi connectivity index (χ0n) is 13.2. The predicted octanol–water partition coefficient (Wildman–Crippen LogP) is 3.57. The van der Waals surface area contributed by atoms with Crippen molar-refractivity contribution in [2.45, 2.75) is 6.54 Å². The SMILES string of the molecule is O=C(Cn1ncc2c(=O)oc3ccccc3c21)Nc1ccc(F)cc1Cl. The Hall–Kier alpha value is -3.19. The monoisotopic (exact) mass is 371 g/mol. The van der Waals surface area contributed by atoms with Gasteiger partial charge in [0.05, 0.1) is 22.4 Å². The molecule has 0 radical (unpaired) electrons. The van der Waals surface area contributed by atoms with Crippen LogP contribution in [0.25, 0.3) is 21.9 Å². The summed E-state index contributed by atoms with van der Waals surface area (Å²) in [6.07, 6.45) is 1.37. The lowest BCUT2D eigenvalue weighted by molar-refractivity contribution is -0.116. The molecule has 2 aromatic carbocycles. The number of hydrogen-bond acceptors (Lipinski definition) is 4. The van der Waals surface area contributed by atoms with E-state index in [2.05, 4.69) is 10.4 Å². The van der Waals surface area contributed by atoms with Gasteiger partial charge in [-0.3, -0.25) is 9.48 Å². The van der Waals surface area contributed by atoms with Gasteiger partial charge in [-0.25, -0.2) is 9.18 Å². The van der Waals surface area contributed by atoms with Crippen LogP contribution in [-0.4, -0.2) is 15.7 Å². The van der Waals surface area contributed by atoms with E-state index in [1.807, 2.05) is 0 Å².